The SMILES string of the molecule is Cc1ccc(S(=O)(=O)N2CCC(NC(=O)CN3C(=O)[C@H]4[C@H](C3=O)[C@H]3C=C[C@H]4C3)CC2)cc1. The van der Waals surface area contributed by atoms with E-state index in [-0.39, 0.29) is 58.9 Å². The molecule has 1 aromatic carbocycles. The molecule has 2 saturated heterocycles. The summed E-state index contributed by atoms with van der Waals surface area (Å²) in [6.07, 6.45) is 5.88. The van der Waals surface area contributed by atoms with Crippen LogP contribution in [-0.4, -0.2) is 61.0 Å². The smallest absolute Gasteiger partial charge is 0.243 e. The summed E-state index contributed by atoms with van der Waals surface area (Å²) in [5.74, 6) is -1.20. The van der Waals surface area contributed by atoms with E-state index >= 15 is 0 Å². The Morgan fingerprint density at radius 3 is 2.12 bits per heavy atom. The van der Waals surface area contributed by atoms with Gasteiger partial charge in [0.15, 0.2) is 0 Å². The van der Waals surface area contributed by atoms with Crippen molar-refractivity contribution >= 4 is 27.7 Å². The minimum Gasteiger partial charge on any atom is -0.352 e. The molecule has 0 radical (unpaired) electrons. The maximum atomic E-state index is 12.8. The number of fused-ring (bicyclic) bond motifs is 5. The van der Waals surface area contributed by atoms with Gasteiger partial charge in [-0.05, 0) is 50.2 Å². The third-order valence-corrected chi connectivity index (χ3v) is 9.25. The Labute approximate surface area is 187 Å². The molecule has 2 heterocycles. The maximum Gasteiger partial charge on any atom is 0.243 e. The van der Waals surface area contributed by atoms with Crippen molar-refractivity contribution in [1.29, 1.82) is 0 Å². The van der Waals surface area contributed by atoms with Crippen molar-refractivity contribution in [3.8, 4) is 0 Å². The normalized spacial score (nSPS) is 30.2. The summed E-state index contributed by atoms with van der Waals surface area (Å²) in [6, 6.07) is 6.59. The van der Waals surface area contributed by atoms with Gasteiger partial charge in [-0.3, -0.25) is 19.3 Å². The van der Waals surface area contributed by atoms with E-state index in [2.05, 4.69) is 5.32 Å². The van der Waals surface area contributed by atoms with Crippen molar-refractivity contribution in [2.75, 3.05) is 19.6 Å². The molecule has 170 valence electrons. The van der Waals surface area contributed by atoms with Gasteiger partial charge in [-0.25, -0.2) is 8.42 Å². The average molecular weight is 458 g/mol. The first-order chi connectivity index (χ1) is 15.3. The van der Waals surface area contributed by atoms with E-state index in [1.165, 1.54) is 4.31 Å². The number of imide groups is 1. The highest BCUT2D eigenvalue weighted by atomic mass is 32.2. The number of hydrogen-bond acceptors (Lipinski definition) is 5. The van der Waals surface area contributed by atoms with Gasteiger partial charge in [-0.1, -0.05) is 29.8 Å². The predicted octanol–water partition coefficient (Wildman–Crippen LogP) is 1.07. The van der Waals surface area contributed by atoms with Crippen molar-refractivity contribution in [3.05, 3.63) is 42.0 Å². The summed E-state index contributed by atoms with van der Waals surface area (Å²) in [6.45, 7) is 2.26. The highest BCUT2D eigenvalue weighted by Crippen LogP contribution is 2.52. The molecule has 2 aliphatic carbocycles. The number of likely N-dealkylation sites (tertiary alicyclic amines) is 1. The molecule has 0 unspecified atom stereocenters. The highest BCUT2D eigenvalue weighted by molar-refractivity contribution is 7.89. The number of amides is 3. The van der Waals surface area contributed by atoms with Gasteiger partial charge >= 0.3 is 0 Å². The Balaban J connectivity index is 1.15. The number of hydrogen-bond donors (Lipinski definition) is 1. The molecule has 4 atom stereocenters. The largest absolute Gasteiger partial charge is 0.352 e. The lowest BCUT2D eigenvalue weighted by Gasteiger charge is -2.32. The van der Waals surface area contributed by atoms with E-state index in [9.17, 15) is 22.8 Å². The van der Waals surface area contributed by atoms with Crippen molar-refractivity contribution in [2.45, 2.75) is 37.1 Å². The topological polar surface area (TPSA) is 104 Å². The maximum absolute atomic E-state index is 12.8. The van der Waals surface area contributed by atoms with Crippen LogP contribution in [0.3, 0.4) is 0 Å². The van der Waals surface area contributed by atoms with Crippen LogP contribution < -0.4 is 5.32 Å². The van der Waals surface area contributed by atoms with E-state index < -0.39 is 10.0 Å². The second-order valence-corrected chi connectivity index (χ2v) is 11.3. The Morgan fingerprint density at radius 1 is 1.00 bits per heavy atom. The van der Waals surface area contributed by atoms with Gasteiger partial charge in [-0.15, -0.1) is 0 Å². The van der Waals surface area contributed by atoms with Gasteiger partial charge in [0.2, 0.25) is 27.7 Å². The number of sulfonamides is 1. The van der Waals surface area contributed by atoms with Crippen molar-refractivity contribution in [2.24, 2.45) is 23.7 Å². The predicted molar refractivity (Wildman–Crippen MR) is 116 cm³/mol. The van der Waals surface area contributed by atoms with Crippen LogP contribution >= 0.6 is 0 Å². The van der Waals surface area contributed by atoms with Crippen LogP contribution in [0.15, 0.2) is 41.3 Å². The Kier molecular flexibility index (Phi) is 5.21. The second kappa shape index (κ2) is 7.81. The third-order valence-electron chi connectivity index (χ3n) is 7.34. The van der Waals surface area contributed by atoms with Crippen LogP contribution in [0.1, 0.15) is 24.8 Å². The first kappa shape index (κ1) is 21.3. The summed E-state index contributed by atoms with van der Waals surface area (Å²) < 4.78 is 27.1. The van der Waals surface area contributed by atoms with Crippen molar-refractivity contribution in [1.82, 2.24) is 14.5 Å². The molecule has 8 nitrogen and oxygen atoms in total. The minimum absolute atomic E-state index is 0.120. The molecule has 0 spiro atoms. The third kappa shape index (κ3) is 3.47. The monoisotopic (exact) mass is 457 g/mol. The fraction of sp³-hybridized carbons (Fsp3) is 0.522. The van der Waals surface area contributed by atoms with E-state index in [1.54, 1.807) is 24.3 Å². The van der Waals surface area contributed by atoms with Gasteiger partial charge in [0.05, 0.1) is 16.7 Å². The zero-order valence-electron chi connectivity index (χ0n) is 17.9. The zero-order valence-corrected chi connectivity index (χ0v) is 18.8. The fourth-order valence-electron chi connectivity index (χ4n) is 5.64. The summed E-state index contributed by atoms with van der Waals surface area (Å²) in [5, 5.41) is 2.89. The molecule has 32 heavy (non-hydrogen) atoms. The van der Waals surface area contributed by atoms with E-state index in [1.807, 2.05) is 19.1 Å². The number of piperidine rings is 1. The van der Waals surface area contributed by atoms with E-state index in [0.717, 1.165) is 16.9 Å². The molecule has 9 heteroatoms. The van der Waals surface area contributed by atoms with E-state index in [0.29, 0.717) is 25.9 Å². The molecule has 1 N–H and O–H groups in total. The molecule has 4 aliphatic rings. The van der Waals surface area contributed by atoms with Gasteiger partial charge in [0.25, 0.3) is 0 Å². The van der Waals surface area contributed by atoms with E-state index in [4.69, 9.17) is 0 Å². The lowest BCUT2D eigenvalue weighted by molar-refractivity contribution is -0.144. The Hall–Kier alpha value is -2.52. The summed E-state index contributed by atoms with van der Waals surface area (Å²) in [7, 11) is -3.56. The van der Waals surface area contributed by atoms with Gasteiger partial charge in [0.1, 0.15) is 6.54 Å². The molecule has 3 fully saturated rings. The lowest BCUT2D eigenvalue weighted by atomic mass is 9.85. The van der Waals surface area contributed by atoms with Gasteiger partial charge in [-0.2, -0.15) is 4.31 Å². The molecular weight excluding hydrogens is 430 g/mol. The molecule has 5 rings (SSSR count). The van der Waals surface area contributed by atoms with Crippen molar-refractivity contribution in [3.63, 3.8) is 0 Å². The molecule has 1 aromatic rings. The van der Waals surface area contributed by atoms with Crippen LogP contribution in [-0.2, 0) is 24.4 Å². The molecular formula is C23H27N3O5S. The number of rotatable bonds is 5. The summed E-state index contributed by atoms with van der Waals surface area (Å²) in [5.41, 5.74) is 0.993. The number of benzene rings is 1. The average Bonchev–Trinajstić information content (AvgIpc) is 3.45. The molecule has 3 amide bonds. The van der Waals surface area contributed by atoms with Crippen molar-refractivity contribution < 1.29 is 22.8 Å². The molecule has 2 aliphatic heterocycles. The number of carbonyl (C=O) groups excluding carboxylic acids is 3. The number of allylic oxidation sites excluding steroid dienone is 2. The molecule has 1 saturated carbocycles. The van der Waals surface area contributed by atoms with Gasteiger partial charge < -0.3 is 5.32 Å². The number of aryl methyl sites for hydroxylation is 1. The Morgan fingerprint density at radius 2 is 1.56 bits per heavy atom. The molecule has 0 aromatic heterocycles. The molecule has 2 bridgehead atoms. The van der Waals surface area contributed by atoms with Crippen LogP contribution in [0.25, 0.3) is 0 Å². The lowest BCUT2D eigenvalue weighted by Crippen LogP contribution is -2.49. The fourth-order valence-corrected chi connectivity index (χ4v) is 7.11. The number of nitrogens with one attached hydrogen (secondary N) is 1. The standard InChI is InChI=1S/C23H27N3O5S/c1-14-2-6-18(7-3-14)32(30,31)25-10-8-17(9-11-25)24-19(27)13-26-22(28)20-15-4-5-16(12-15)21(20)23(26)29/h2-7,15-17,20-21H,8-13H2,1H3,(H,24,27)/t15-,16-,20+,21+/m0/s1. The quantitative estimate of drug-likeness (QED) is 0.526. The highest BCUT2D eigenvalue weighted by Gasteiger charge is 2.59. The van der Waals surface area contributed by atoms with Crippen LogP contribution in [0, 0.1) is 30.6 Å². The first-order valence-electron chi connectivity index (χ1n) is 11.2. The Bertz CT molecular complexity index is 1060. The summed E-state index contributed by atoms with van der Waals surface area (Å²) in [4.78, 5) is 39.5. The second-order valence-electron chi connectivity index (χ2n) is 9.32. The minimum atomic E-state index is -3.56. The zero-order chi connectivity index (χ0) is 22.6. The number of carbonyl (C=O) groups is 3. The van der Waals surface area contributed by atoms with Crippen LogP contribution in [0.2, 0.25) is 0 Å². The van der Waals surface area contributed by atoms with Crippen LogP contribution in [0.4, 0.5) is 0 Å². The van der Waals surface area contributed by atoms with Crippen LogP contribution in [0.5, 0.6) is 0 Å². The number of nitrogens with zero attached hydrogens (tertiary/aromatic N) is 2. The van der Waals surface area contributed by atoms with Gasteiger partial charge in [0, 0.05) is 19.1 Å². The summed E-state index contributed by atoms with van der Waals surface area (Å²) >= 11 is 0. The first-order valence-corrected chi connectivity index (χ1v) is 12.6.